The average Bonchev–Trinajstić information content (AvgIpc) is 2.93. The predicted molar refractivity (Wildman–Crippen MR) is 112 cm³/mol. The molecule has 0 aliphatic rings. The number of likely N-dealkylation sites (N-methyl/N-ethyl adjacent to an activating group) is 1. The number of hydrogen-bond donors (Lipinski definition) is 1. The van der Waals surface area contributed by atoms with Gasteiger partial charge in [-0.05, 0) is 32.1 Å². The van der Waals surface area contributed by atoms with Crippen molar-refractivity contribution in [1.82, 2.24) is 20.0 Å². The number of benzene rings is 2. The third-order valence-electron chi connectivity index (χ3n) is 4.81. The van der Waals surface area contributed by atoms with Crippen molar-refractivity contribution in [1.29, 1.82) is 0 Å². The summed E-state index contributed by atoms with van der Waals surface area (Å²) in [7, 11) is 4.21. The Hall–Kier alpha value is -2.14. The fourth-order valence-electron chi connectivity index (χ4n) is 3.26. The zero-order valence-corrected chi connectivity index (χ0v) is 16.9. The van der Waals surface area contributed by atoms with Crippen LogP contribution >= 0.6 is 11.6 Å². The Morgan fingerprint density at radius 2 is 1.67 bits per heavy atom. The van der Waals surface area contributed by atoms with Crippen LogP contribution in [0.1, 0.15) is 28.4 Å². The van der Waals surface area contributed by atoms with Gasteiger partial charge in [-0.2, -0.15) is 5.10 Å². The molecule has 1 N–H and O–H groups in total. The summed E-state index contributed by atoms with van der Waals surface area (Å²) in [6.45, 7) is 4.25. The van der Waals surface area contributed by atoms with Crippen molar-refractivity contribution in [3.63, 3.8) is 0 Å². The summed E-state index contributed by atoms with van der Waals surface area (Å²) in [5, 5.41) is 8.90. The molecule has 2 aromatic carbocycles. The quantitative estimate of drug-likeness (QED) is 0.631. The second kappa shape index (κ2) is 9.18. The molecule has 0 saturated heterocycles. The van der Waals surface area contributed by atoms with E-state index in [4.69, 9.17) is 11.6 Å². The van der Waals surface area contributed by atoms with Crippen molar-refractivity contribution in [3.8, 4) is 0 Å². The van der Waals surface area contributed by atoms with Crippen LogP contribution in [0.25, 0.3) is 0 Å². The summed E-state index contributed by atoms with van der Waals surface area (Å²) >= 11 is 6.62. The molecule has 1 atom stereocenters. The monoisotopic (exact) mass is 382 g/mol. The molecule has 4 nitrogen and oxygen atoms in total. The van der Waals surface area contributed by atoms with Gasteiger partial charge in [-0.3, -0.25) is 0 Å². The van der Waals surface area contributed by atoms with Crippen LogP contribution < -0.4 is 5.32 Å². The Morgan fingerprint density at radius 3 is 2.30 bits per heavy atom. The second-order valence-corrected chi connectivity index (χ2v) is 7.38. The zero-order valence-electron chi connectivity index (χ0n) is 16.2. The van der Waals surface area contributed by atoms with Crippen LogP contribution in [-0.2, 0) is 13.1 Å². The van der Waals surface area contributed by atoms with Gasteiger partial charge in [0, 0.05) is 24.7 Å². The number of aryl methyl sites for hydroxylation is 1. The Morgan fingerprint density at radius 1 is 1.04 bits per heavy atom. The molecule has 1 aromatic heterocycles. The molecule has 5 heteroatoms. The SMILES string of the molecule is Cc1nn(Cc2ccccc2)c(Cl)c1CNCC(c1ccccc1)N(C)C. The first-order valence-electron chi connectivity index (χ1n) is 9.24. The highest BCUT2D eigenvalue weighted by Gasteiger charge is 2.16. The first-order valence-corrected chi connectivity index (χ1v) is 9.62. The molecule has 0 spiro atoms. The van der Waals surface area contributed by atoms with Gasteiger partial charge in [0.15, 0.2) is 0 Å². The van der Waals surface area contributed by atoms with Crippen molar-refractivity contribution in [2.75, 3.05) is 20.6 Å². The maximum atomic E-state index is 6.62. The summed E-state index contributed by atoms with van der Waals surface area (Å²) < 4.78 is 1.88. The van der Waals surface area contributed by atoms with Gasteiger partial charge < -0.3 is 10.2 Å². The van der Waals surface area contributed by atoms with Crippen LogP contribution in [0, 0.1) is 6.92 Å². The molecular formula is C22H27ClN4. The van der Waals surface area contributed by atoms with Crippen molar-refractivity contribution < 1.29 is 0 Å². The van der Waals surface area contributed by atoms with Gasteiger partial charge in [-0.15, -0.1) is 0 Å². The van der Waals surface area contributed by atoms with E-state index in [2.05, 4.69) is 65.8 Å². The van der Waals surface area contributed by atoms with Crippen molar-refractivity contribution in [2.45, 2.75) is 26.1 Å². The first kappa shape index (κ1) is 19.6. The highest BCUT2D eigenvalue weighted by Crippen LogP contribution is 2.22. The van der Waals surface area contributed by atoms with Crippen LogP contribution in [0.15, 0.2) is 60.7 Å². The highest BCUT2D eigenvalue weighted by atomic mass is 35.5. The third kappa shape index (κ3) is 4.98. The van der Waals surface area contributed by atoms with Gasteiger partial charge in [0.2, 0.25) is 0 Å². The number of halogens is 1. The van der Waals surface area contributed by atoms with Gasteiger partial charge in [-0.1, -0.05) is 72.3 Å². The predicted octanol–water partition coefficient (Wildman–Crippen LogP) is 4.29. The minimum Gasteiger partial charge on any atom is -0.311 e. The Bertz CT molecular complexity index is 844. The van der Waals surface area contributed by atoms with E-state index in [0.717, 1.165) is 17.8 Å². The molecule has 0 bridgehead atoms. The molecule has 3 rings (SSSR count). The average molecular weight is 383 g/mol. The van der Waals surface area contributed by atoms with Crippen LogP contribution in [0.3, 0.4) is 0 Å². The molecule has 0 aliphatic carbocycles. The van der Waals surface area contributed by atoms with Crippen LogP contribution in [0.5, 0.6) is 0 Å². The lowest BCUT2D eigenvalue weighted by Crippen LogP contribution is -2.30. The fourth-order valence-corrected chi connectivity index (χ4v) is 3.56. The number of nitrogens with zero attached hydrogens (tertiary/aromatic N) is 3. The molecule has 1 heterocycles. The zero-order chi connectivity index (χ0) is 19.2. The molecule has 0 aliphatic heterocycles. The maximum Gasteiger partial charge on any atom is 0.132 e. The van der Waals surface area contributed by atoms with Crippen molar-refractivity contribution >= 4 is 11.6 Å². The number of aromatic nitrogens is 2. The topological polar surface area (TPSA) is 33.1 Å². The first-order chi connectivity index (χ1) is 13.1. The fraction of sp³-hybridized carbons (Fsp3) is 0.318. The van der Waals surface area contributed by atoms with E-state index >= 15 is 0 Å². The Labute approximate surface area is 166 Å². The van der Waals surface area contributed by atoms with Gasteiger partial charge in [-0.25, -0.2) is 4.68 Å². The highest BCUT2D eigenvalue weighted by molar-refractivity contribution is 6.30. The van der Waals surface area contributed by atoms with E-state index in [9.17, 15) is 0 Å². The minimum atomic E-state index is 0.310. The lowest BCUT2D eigenvalue weighted by molar-refractivity contribution is 0.288. The summed E-state index contributed by atoms with van der Waals surface area (Å²) in [4.78, 5) is 2.23. The third-order valence-corrected chi connectivity index (χ3v) is 5.23. The molecule has 142 valence electrons. The second-order valence-electron chi connectivity index (χ2n) is 7.02. The van der Waals surface area contributed by atoms with Crippen LogP contribution in [0.4, 0.5) is 0 Å². The molecule has 0 saturated carbocycles. The van der Waals surface area contributed by atoms with E-state index in [1.807, 2.05) is 35.9 Å². The molecular weight excluding hydrogens is 356 g/mol. The molecule has 3 aromatic rings. The standard InChI is InChI=1S/C22H27ClN4/c1-17-20(22(23)27(25-17)16-18-10-6-4-7-11-18)14-24-15-21(26(2)3)19-12-8-5-9-13-19/h4-13,21,24H,14-16H2,1-3H3. The Kier molecular flexibility index (Phi) is 6.67. The van der Waals surface area contributed by atoms with Gasteiger partial charge >= 0.3 is 0 Å². The van der Waals surface area contributed by atoms with Gasteiger partial charge in [0.05, 0.1) is 12.2 Å². The minimum absolute atomic E-state index is 0.310. The molecule has 27 heavy (non-hydrogen) atoms. The molecule has 0 radical (unpaired) electrons. The summed E-state index contributed by atoms with van der Waals surface area (Å²) in [6, 6.07) is 21.1. The van der Waals surface area contributed by atoms with E-state index in [1.54, 1.807) is 0 Å². The van der Waals surface area contributed by atoms with Gasteiger partial charge in [0.1, 0.15) is 5.15 Å². The van der Waals surface area contributed by atoms with Crippen molar-refractivity contribution in [3.05, 3.63) is 88.2 Å². The van der Waals surface area contributed by atoms with Crippen molar-refractivity contribution in [2.24, 2.45) is 0 Å². The molecule has 1 unspecified atom stereocenters. The lowest BCUT2D eigenvalue weighted by atomic mass is 10.1. The summed E-state index contributed by atoms with van der Waals surface area (Å²) in [6.07, 6.45) is 0. The van der Waals surface area contributed by atoms with E-state index < -0.39 is 0 Å². The number of hydrogen-bond acceptors (Lipinski definition) is 3. The summed E-state index contributed by atoms with van der Waals surface area (Å²) in [5.41, 5.74) is 4.54. The Balaban J connectivity index is 1.65. The largest absolute Gasteiger partial charge is 0.311 e. The number of nitrogens with one attached hydrogen (secondary N) is 1. The summed E-state index contributed by atoms with van der Waals surface area (Å²) in [5.74, 6) is 0. The van der Waals surface area contributed by atoms with Crippen LogP contribution in [-0.4, -0.2) is 35.3 Å². The molecule has 0 amide bonds. The van der Waals surface area contributed by atoms with E-state index in [1.165, 1.54) is 11.1 Å². The maximum absolute atomic E-state index is 6.62. The number of rotatable bonds is 8. The van der Waals surface area contributed by atoms with E-state index in [-0.39, 0.29) is 0 Å². The molecule has 0 fully saturated rings. The van der Waals surface area contributed by atoms with Gasteiger partial charge in [0.25, 0.3) is 0 Å². The lowest BCUT2D eigenvalue weighted by Gasteiger charge is -2.25. The normalized spacial score (nSPS) is 12.5. The van der Waals surface area contributed by atoms with E-state index in [0.29, 0.717) is 24.3 Å². The van der Waals surface area contributed by atoms with Crippen LogP contribution in [0.2, 0.25) is 5.15 Å². The smallest absolute Gasteiger partial charge is 0.132 e.